The fourth-order valence-corrected chi connectivity index (χ4v) is 2.69. The molecule has 10 heteroatoms. The maximum atomic E-state index is 8.87. The van der Waals surface area contributed by atoms with E-state index in [0.29, 0.717) is 53.9 Å². The highest BCUT2D eigenvalue weighted by atomic mass is 32.2. The quantitative estimate of drug-likeness (QED) is 0.523. The Morgan fingerprint density at radius 2 is 1.63 bits per heavy atom. The van der Waals surface area contributed by atoms with Crippen molar-refractivity contribution in [1.82, 2.24) is 19.9 Å². The molecule has 2 heterocycles. The molecule has 2 rings (SSSR count). The van der Waals surface area contributed by atoms with Gasteiger partial charge in [0.05, 0.1) is 5.56 Å². The first kappa shape index (κ1) is 20.8. The van der Waals surface area contributed by atoms with Crippen molar-refractivity contribution < 1.29 is 9.47 Å². The lowest BCUT2D eigenvalue weighted by atomic mass is 10.3. The molecule has 144 valence electrons. The number of nitrogens with one attached hydrogen (secondary N) is 2. The first-order valence-corrected chi connectivity index (χ1v) is 9.32. The van der Waals surface area contributed by atoms with E-state index in [1.165, 1.54) is 18.0 Å². The summed E-state index contributed by atoms with van der Waals surface area (Å²) in [5.74, 6) is 0.984. The van der Waals surface area contributed by atoms with Crippen LogP contribution in [0.5, 0.6) is 0 Å². The lowest BCUT2D eigenvalue weighted by Gasteiger charge is -2.10. The minimum atomic E-state index is 0.492. The molecular formula is C17H23N7O2S. The van der Waals surface area contributed by atoms with E-state index in [1.54, 1.807) is 26.4 Å². The van der Waals surface area contributed by atoms with Crippen LogP contribution in [-0.2, 0) is 9.47 Å². The molecular weight excluding hydrogens is 366 g/mol. The van der Waals surface area contributed by atoms with Crippen LogP contribution in [-0.4, -0.2) is 60.5 Å². The Morgan fingerprint density at radius 3 is 2.11 bits per heavy atom. The van der Waals surface area contributed by atoms with Crippen molar-refractivity contribution >= 4 is 23.7 Å². The number of hydrogen-bond donors (Lipinski definition) is 2. The number of hydrogen-bond acceptors (Lipinski definition) is 10. The summed E-state index contributed by atoms with van der Waals surface area (Å²) in [6.07, 6.45) is 3.22. The summed E-state index contributed by atoms with van der Waals surface area (Å²) in [4.78, 5) is 17.5. The molecule has 0 aromatic carbocycles. The van der Waals surface area contributed by atoms with Crippen LogP contribution in [0.1, 0.15) is 18.4 Å². The average molecular weight is 389 g/mol. The molecule has 0 spiro atoms. The number of anilines is 2. The standard InChI is InChI=1S/C17H23N7O2S/c1-25-9-3-7-19-15-22-16(20-8-4-10-26-2)24-17(23-15)27-14-6-5-13(11-18)12-21-14/h5-6,12H,3-4,7-10H2,1-2H3,(H2,19,20,22,23,24). The summed E-state index contributed by atoms with van der Waals surface area (Å²) in [5.41, 5.74) is 0.510. The van der Waals surface area contributed by atoms with Gasteiger partial charge in [0.1, 0.15) is 11.1 Å². The van der Waals surface area contributed by atoms with Crippen molar-refractivity contribution in [3.63, 3.8) is 0 Å². The predicted octanol–water partition coefficient (Wildman–Crippen LogP) is 2.19. The molecule has 27 heavy (non-hydrogen) atoms. The average Bonchev–Trinajstić information content (AvgIpc) is 2.69. The van der Waals surface area contributed by atoms with Crippen molar-refractivity contribution in [2.75, 3.05) is 51.2 Å². The van der Waals surface area contributed by atoms with E-state index >= 15 is 0 Å². The molecule has 0 bridgehead atoms. The Morgan fingerprint density at radius 1 is 1.00 bits per heavy atom. The molecule has 2 N–H and O–H groups in total. The van der Waals surface area contributed by atoms with Gasteiger partial charge in [0, 0.05) is 46.7 Å². The summed E-state index contributed by atoms with van der Waals surface area (Å²) in [6, 6.07) is 5.53. The highest BCUT2D eigenvalue weighted by molar-refractivity contribution is 7.99. The lowest BCUT2D eigenvalue weighted by Crippen LogP contribution is -2.13. The third-order valence-corrected chi connectivity index (χ3v) is 4.11. The molecule has 9 nitrogen and oxygen atoms in total. The maximum absolute atomic E-state index is 8.87. The smallest absolute Gasteiger partial charge is 0.228 e. The molecule has 0 saturated heterocycles. The van der Waals surface area contributed by atoms with Crippen LogP contribution in [0, 0.1) is 11.3 Å². The second kappa shape index (κ2) is 12.0. The van der Waals surface area contributed by atoms with Gasteiger partial charge >= 0.3 is 0 Å². The minimum Gasteiger partial charge on any atom is -0.385 e. The zero-order valence-corrected chi connectivity index (χ0v) is 16.3. The molecule has 0 fully saturated rings. The van der Waals surface area contributed by atoms with Gasteiger partial charge in [-0.3, -0.25) is 0 Å². The van der Waals surface area contributed by atoms with Crippen molar-refractivity contribution in [3.05, 3.63) is 23.9 Å². The van der Waals surface area contributed by atoms with Crippen LogP contribution >= 0.6 is 11.8 Å². The van der Waals surface area contributed by atoms with E-state index in [9.17, 15) is 0 Å². The molecule has 2 aromatic rings. The summed E-state index contributed by atoms with van der Waals surface area (Å²) < 4.78 is 10.1. The van der Waals surface area contributed by atoms with Crippen LogP contribution in [0.2, 0.25) is 0 Å². The van der Waals surface area contributed by atoms with E-state index in [1.807, 2.05) is 6.07 Å². The Balaban J connectivity index is 2.08. The second-order valence-corrected chi connectivity index (χ2v) is 6.40. The van der Waals surface area contributed by atoms with Crippen LogP contribution in [0.3, 0.4) is 0 Å². The zero-order chi connectivity index (χ0) is 19.3. The normalized spacial score (nSPS) is 10.4. The third-order valence-electron chi connectivity index (χ3n) is 3.29. The van der Waals surface area contributed by atoms with E-state index in [0.717, 1.165) is 12.8 Å². The van der Waals surface area contributed by atoms with Gasteiger partial charge in [0.2, 0.25) is 17.1 Å². The molecule has 0 aliphatic carbocycles. The highest BCUT2D eigenvalue weighted by Crippen LogP contribution is 2.24. The van der Waals surface area contributed by atoms with Gasteiger partial charge < -0.3 is 20.1 Å². The molecule has 0 amide bonds. The van der Waals surface area contributed by atoms with Gasteiger partial charge in [-0.2, -0.15) is 20.2 Å². The third kappa shape index (κ3) is 7.74. The van der Waals surface area contributed by atoms with Crippen LogP contribution in [0.4, 0.5) is 11.9 Å². The summed E-state index contributed by atoms with van der Waals surface area (Å²) in [6.45, 7) is 2.72. The van der Waals surface area contributed by atoms with Gasteiger partial charge in [-0.25, -0.2) is 4.98 Å². The number of methoxy groups -OCH3 is 2. The number of ether oxygens (including phenoxy) is 2. The van der Waals surface area contributed by atoms with Crippen molar-refractivity contribution in [2.24, 2.45) is 0 Å². The number of pyridine rings is 1. The van der Waals surface area contributed by atoms with Crippen LogP contribution in [0.15, 0.2) is 28.5 Å². The van der Waals surface area contributed by atoms with Gasteiger partial charge in [-0.15, -0.1) is 0 Å². The van der Waals surface area contributed by atoms with Crippen LogP contribution in [0.25, 0.3) is 0 Å². The van der Waals surface area contributed by atoms with Crippen molar-refractivity contribution in [3.8, 4) is 6.07 Å². The fourth-order valence-electron chi connectivity index (χ4n) is 1.99. The first-order chi connectivity index (χ1) is 13.2. The maximum Gasteiger partial charge on any atom is 0.228 e. The topological polar surface area (TPSA) is 118 Å². The van der Waals surface area contributed by atoms with Gasteiger partial charge in [-0.1, -0.05) is 0 Å². The van der Waals surface area contributed by atoms with E-state index in [2.05, 4.69) is 30.6 Å². The molecule has 0 aliphatic heterocycles. The summed E-state index contributed by atoms with van der Waals surface area (Å²) >= 11 is 1.31. The summed E-state index contributed by atoms with van der Waals surface area (Å²) in [7, 11) is 3.34. The lowest BCUT2D eigenvalue weighted by molar-refractivity contribution is 0.197. The number of aromatic nitrogens is 4. The molecule has 0 unspecified atom stereocenters. The Kier molecular flexibility index (Phi) is 9.26. The molecule has 0 aliphatic rings. The Labute approximate surface area is 162 Å². The zero-order valence-electron chi connectivity index (χ0n) is 15.4. The number of nitrogens with zero attached hydrogens (tertiary/aromatic N) is 5. The molecule has 2 aromatic heterocycles. The Bertz CT molecular complexity index is 707. The highest BCUT2D eigenvalue weighted by Gasteiger charge is 2.09. The van der Waals surface area contributed by atoms with E-state index in [-0.39, 0.29) is 0 Å². The van der Waals surface area contributed by atoms with E-state index in [4.69, 9.17) is 14.7 Å². The van der Waals surface area contributed by atoms with Crippen LogP contribution < -0.4 is 10.6 Å². The molecule has 0 atom stereocenters. The molecule has 0 radical (unpaired) electrons. The Hall–Kier alpha value is -2.48. The SMILES string of the molecule is COCCCNc1nc(NCCCOC)nc(Sc2ccc(C#N)cn2)n1. The second-order valence-electron chi connectivity index (χ2n) is 5.41. The van der Waals surface area contributed by atoms with Gasteiger partial charge in [0.25, 0.3) is 0 Å². The first-order valence-electron chi connectivity index (χ1n) is 8.51. The number of nitriles is 1. The summed E-state index contributed by atoms with van der Waals surface area (Å²) in [5, 5.41) is 16.5. The predicted molar refractivity (Wildman–Crippen MR) is 103 cm³/mol. The largest absolute Gasteiger partial charge is 0.385 e. The fraction of sp³-hybridized carbons (Fsp3) is 0.471. The van der Waals surface area contributed by atoms with Gasteiger partial charge in [0.15, 0.2) is 0 Å². The monoisotopic (exact) mass is 389 g/mol. The van der Waals surface area contributed by atoms with Crippen molar-refractivity contribution in [1.29, 1.82) is 5.26 Å². The minimum absolute atomic E-state index is 0.492. The number of rotatable bonds is 12. The molecule has 0 saturated carbocycles. The van der Waals surface area contributed by atoms with Gasteiger partial charge in [-0.05, 0) is 36.7 Å². The van der Waals surface area contributed by atoms with Crippen molar-refractivity contribution in [2.45, 2.75) is 23.0 Å². The van der Waals surface area contributed by atoms with E-state index < -0.39 is 0 Å².